The fraction of sp³-hybridized carbons (Fsp3) is 0.815. The number of amides is 4. The van der Waals surface area contributed by atoms with E-state index in [9.17, 15) is 24.0 Å². The van der Waals surface area contributed by atoms with Crippen molar-refractivity contribution in [1.82, 2.24) is 15.5 Å². The van der Waals surface area contributed by atoms with Gasteiger partial charge in [-0.25, -0.2) is 4.79 Å². The zero-order chi connectivity index (χ0) is 28.1. The molecule has 3 aliphatic rings. The number of ketones is 1. The average molecular weight is 521 g/mol. The fourth-order valence-electron chi connectivity index (χ4n) is 5.78. The number of hydrogen-bond acceptors (Lipinski definition) is 6. The van der Waals surface area contributed by atoms with Gasteiger partial charge in [0, 0.05) is 6.54 Å². The predicted octanol–water partition coefficient (Wildman–Crippen LogP) is 2.14. The molecular weight excluding hydrogens is 476 g/mol. The molecule has 3 fully saturated rings. The van der Waals surface area contributed by atoms with E-state index in [1.165, 1.54) is 4.90 Å². The van der Waals surface area contributed by atoms with Crippen LogP contribution in [0, 0.1) is 28.6 Å². The number of fused-ring (bicyclic) bond motifs is 1. The molecule has 1 saturated heterocycles. The van der Waals surface area contributed by atoms with E-state index in [2.05, 4.69) is 24.5 Å². The maximum absolute atomic E-state index is 13.9. The van der Waals surface area contributed by atoms with Gasteiger partial charge in [0.1, 0.15) is 17.7 Å². The van der Waals surface area contributed by atoms with Crippen molar-refractivity contribution < 1.29 is 28.7 Å². The molecule has 2 aliphatic carbocycles. The SMILES string of the molecule is CC(C)(C)OC(=O)N[C@H](C(=O)N1CC2[C@@H]([C@H]1C(=O)NC(CC1CCC1)C(=O)C(N)=O)C2(C)C)C(C)(C)C. The van der Waals surface area contributed by atoms with E-state index in [0.717, 1.165) is 19.3 Å². The number of Topliss-reactive ketones (excluding diaryl/α,β-unsaturated/α-hetero) is 1. The van der Waals surface area contributed by atoms with E-state index in [-0.39, 0.29) is 29.1 Å². The van der Waals surface area contributed by atoms with Gasteiger partial charge in [-0.05, 0) is 55.8 Å². The molecule has 1 aliphatic heterocycles. The number of primary amides is 1. The number of alkyl carbamates (subject to hydrolysis) is 1. The van der Waals surface area contributed by atoms with Crippen molar-refractivity contribution in [2.45, 2.75) is 105 Å². The second-order valence-corrected chi connectivity index (χ2v) is 13.7. The Balaban J connectivity index is 1.83. The quantitative estimate of drug-likeness (QED) is 0.418. The number of nitrogens with one attached hydrogen (secondary N) is 2. The molecular formula is C27H44N4O6. The number of likely N-dealkylation sites (tertiary alicyclic amines) is 1. The molecule has 2 unspecified atom stereocenters. The highest BCUT2D eigenvalue weighted by atomic mass is 16.6. The highest BCUT2D eigenvalue weighted by molar-refractivity contribution is 6.37. The van der Waals surface area contributed by atoms with Crippen LogP contribution in [0.1, 0.15) is 81.1 Å². The van der Waals surface area contributed by atoms with Gasteiger partial charge in [0.15, 0.2) is 0 Å². The number of nitrogens with zero attached hydrogens (tertiary/aromatic N) is 1. The third kappa shape index (κ3) is 6.26. The van der Waals surface area contributed by atoms with Crippen LogP contribution in [0.4, 0.5) is 4.79 Å². The third-order valence-corrected chi connectivity index (χ3v) is 8.20. The molecule has 1 heterocycles. The summed E-state index contributed by atoms with van der Waals surface area (Å²) in [5, 5.41) is 5.49. The highest BCUT2D eigenvalue weighted by Crippen LogP contribution is 2.65. The molecule has 0 aromatic carbocycles. The van der Waals surface area contributed by atoms with Crippen LogP contribution >= 0.6 is 0 Å². The molecule has 0 aromatic rings. The Morgan fingerprint density at radius 1 is 1.03 bits per heavy atom. The van der Waals surface area contributed by atoms with Gasteiger partial charge in [0.25, 0.3) is 5.91 Å². The number of ether oxygens (including phenoxy) is 1. The first-order valence-corrected chi connectivity index (χ1v) is 13.3. The van der Waals surface area contributed by atoms with Crippen LogP contribution in [0.15, 0.2) is 0 Å². The summed E-state index contributed by atoms with van der Waals surface area (Å²) in [5.41, 5.74) is 3.73. The van der Waals surface area contributed by atoms with Gasteiger partial charge >= 0.3 is 6.09 Å². The maximum Gasteiger partial charge on any atom is 0.408 e. The van der Waals surface area contributed by atoms with Gasteiger partial charge in [0.2, 0.25) is 17.6 Å². The molecule has 0 radical (unpaired) electrons. The topological polar surface area (TPSA) is 148 Å². The Morgan fingerprint density at radius 3 is 2.08 bits per heavy atom. The average Bonchev–Trinajstić information content (AvgIpc) is 3.06. The van der Waals surface area contributed by atoms with Crippen molar-refractivity contribution in [2.75, 3.05) is 6.54 Å². The lowest BCUT2D eigenvalue weighted by molar-refractivity contribution is -0.145. The van der Waals surface area contributed by atoms with Crippen LogP contribution in [-0.4, -0.2) is 64.8 Å². The van der Waals surface area contributed by atoms with Crippen molar-refractivity contribution >= 4 is 29.6 Å². The van der Waals surface area contributed by atoms with Crippen LogP contribution in [0.25, 0.3) is 0 Å². The summed E-state index contributed by atoms with van der Waals surface area (Å²) in [7, 11) is 0. The second-order valence-electron chi connectivity index (χ2n) is 13.7. The Labute approximate surface area is 219 Å². The maximum atomic E-state index is 13.9. The highest BCUT2D eigenvalue weighted by Gasteiger charge is 2.70. The standard InChI is InChI=1S/C27H44N4O6/c1-25(2,3)20(30-24(36)37-26(4,5)6)23(35)31-13-15-17(27(15,7)8)18(31)22(34)29-16(19(32)21(28)33)12-14-10-9-11-14/h14-18,20H,9-13H2,1-8H3,(H2,28,33)(H,29,34)(H,30,36)/t15?,16?,17-,18-,20+/m0/s1. The molecule has 4 amide bonds. The Morgan fingerprint density at radius 2 is 1.62 bits per heavy atom. The lowest BCUT2D eigenvalue weighted by Gasteiger charge is -2.38. The van der Waals surface area contributed by atoms with Crippen molar-refractivity contribution in [3.05, 3.63) is 0 Å². The minimum absolute atomic E-state index is 0.0911. The van der Waals surface area contributed by atoms with E-state index in [1.54, 1.807) is 20.8 Å². The lowest BCUT2D eigenvalue weighted by atomic mass is 9.80. The van der Waals surface area contributed by atoms with Crippen LogP contribution < -0.4 is 16.4 Å². The summed E-state index contributed by atoms with van der Waals surface area (Å²) in [4.78, 5) is 65.9. The van der Waals surface area contributed by atoms with Gasteiger partial charge in [-0.3, -0.25) is 19.2 Å². The first-order valence-electron chi connectivity index (χ1n) is 13.3. The Kier molecular flexibility index (Phi) is 7.74. The Bertz CT molecular complexity index is 959. The van der Waals surface area contributed by atoms with Crippen molar-refractivity contribution in [2.24, 2.45) is 34.3 Å². The molecule has 208 valence electrons. The molecule has 4 N–H and O–H groups in total. The van der Waals surface area contributed by atoms with Crippen LogP contribution in [0.5, 0.6) is 0 Å². The fourth-order valence-corrected chi connectivity index (χ4v) is 5.78. The van der Waals surface area contributed by atoms with Gasteiger partial charge in [-0.15, -0.1) is 0 Å². The van der Waals surface area contributed by atoms with E-state index in [1.807, 2.05) is 20.8 Å². The summed E-state index contributed by atoms with van der Waals surface area (Å²) in [6, 6.07) is -2.76. The first kappa shape index (κ1) is 28.9. The normalized spacial score (nSPS) is 26.3. The lowest BCUT2D eigenvalue weighted by Crippen LogP contribution is -2.61. The number of rotatable bonds is 8. The summed E-state index contributed by atoms with van der Waals surface area (Å²) in [6.45, 7) is 15.2. The van der Waals surface area contributed by atoms with Gasteiger partial charge < -0.3 is 26.0 Å². The van der Waals surface area contributed by atoms with Crippen LogP contribution in [0.3, 0.4) is 0 Å². The summed E-state index contributed by atoms with van der Waals surface area (Å²) < 4.78 is 5.39. The molecule has 10 heteroatoms. The van der Waals surface area contributed by atoms with Crippen LogP contribution in [-0.2, 0) is 23.9 Å². The molecule has 0 bridgehead atoms. The monoisotopic (exact) mass is 520 g/mol. The summed E-state index contributed by atoms with van der Waals surface area (Å²) >= 11 is 0. The van der Waals surface area contributed by atoms with Crippen molar-refractivity contribution in [3.8, 4) is 0 Å². The van der Waals surface area contributed by atoms with E-state index in [0.29, 0.717) is 13.0 Å². The zero-order valence-corrected chi connectivity index (χ0v) is 23.5. The van der Waals surface area contributed by atoms with E-state index >= 15 is 0 Å². The molecule has 37 heavy (non-hydrogen) atoms. The molecule has 0 spiro atoms. The Hall–Kier alpha value is -2.65. The minimum atomic E-state index is -1.08. The smallest absolute Gasteiger partial charge is 0.408 e. The number of piperidine rings is 1. The number of hydrogen-bond donors (Lipinski definition) is 3. The number of carbonyl (C=O) groups is 5. The van der Waals surface area contributed by atoms with Crippen molar-refractivity contribution in [3.63, 3.8) is 0 Å². The molecule has 10 nitrogen and oxygen atoms in total. The van der Waals surface area contributed by atoms with Crippen molar-refractivity contribution in [1.29, 1.82) is 0 Å². The van der Waals surface area contributed by atoms with E-state index in [4.69, 9.17) is 10.5 Å². The number of carbonyl (C=O) groups excluding carboxylic acids is 5. The number of nitrogens with two attached hydrogens (primary N) is 1. The van der Waals surface area contributed by atoms with Gasteiger partial charge in [-0.1, -0.05) is 53.9 Å². The van der Waals surface area contributed by atoms with Crippen LogP contribution in [0.2, 0.25) is 0 Å². The summed E-state index contributed by atoms with van der Waals surface area (Å²) in [6.07, 6.45) is 2.58. The molecule has 0 aromatic heterocycles. The molecule has 3 rings (SSSR count). The largest absolute Gasteiger partial charge is 0.444 e. The summed E-state index contributed by atoms with van der Waals surface area (Å²) in [5.74, 6) is -2.46. The minimum Gasteiger partial charge on any atom is -0.444 e. The van der Waals surface area contributed by atoms with Gasteiger partial charge in [-0.2, -0.15) is 0 Å². The molecule has 2 saturated carbocycles. The second kappa shape index (κ2) is 9.91. The first-order chi connectivity index (χ1) is 16.8. The zero-order valence-electron chi connectivity index (χ0n) is 23.5. The third-order valence-electron chi connectivity index (χ3n) is 8.20. The predicted molar refractivity (Wildman–Crippen MR) is 137 cm³/mol. The van der Waals surface area contributed by atoms with E-state index < -0.39 is 52.8 Å². The molecule has 5 atom stereocenters. The van der Waals surface area contributed by atoms with Gasteiger partial charge in [0.05, 0.1) is 6.04 Å².